The van der Waals surface area contributed by atoms with Gasteiger partial charge in [-0.25, -0.2) is 0 Å². The van der Waals surface area contributed by atoms with Crippen molar-refractivity contribution in [1.29, 1.82) is 0 Å². The summed E-state index contributed by atoms with van der Waals surface area (Å²) in [6.07, 6.45) is 2.62. The highest BCUT2D eigenvalue weighted by atomic mass is 35.5. The average Bonchev–Trinajstić information content (AvgIpc) is 3.02. The summed E-state index contributed by atoms with van der Waals surface area (Å²) < 4.78 is 0. The van der Waals surface area contributed by atoms with E-state index in [9.17, 15) is 0 Å². The summed E-state index contributed by atoms with van der Waals surface area (Å²) in [7, 11) is 0. The van der Waals surface area contributed by atoms with Crippen molar-refractivity contribution in [1.82, 2.24) is 0 Å². The van der Waals surface area contributed by atoms with Gasteiger partial charge in [0.2, 0.25) is 0 Å². The molecule has 0 saturated heterocycles. The molecule has 0 unspecified atom stereocenters. The summed E-state index contributed by atoms with van der Waals surface area (Å²) in [6.45, 7) is 2.18. The van der Waals surface area contributed by atoms with E-state index in [-0.39, 0.29) is 18.4 Å². The van der Waals surface area contributed by atoms with Crippen LogP contribution in [0.5, 0.6) is 0 Å². The van der Waals surface area contributed by atoms with Crippen molar-refractivity contribution >= 4 is 24.2 Å². The highest BCUT2D eigenvalue weighted by Gasteiger charge is 2.29. The Morgan fingerprint density at radius 3 is 2.40 bits per heavy atom. The Bertz CT molecular complexity index is 295. The van der Waals surface area contributed by atoms with Crippen molar-refractivity contribution < 1.29 is 0 Å². The second-order valence-corrected chi connectivity index (χ2v) is 5.20. The molecule has 1 aliphatic carbocycles. The van der Waals surface area contributed by atoms with Gasteiger partial charge in [-0.3, -0.25) is 0 Å². The Kier molecular flexibility index (Phi) is 4.97. The molecule has 1 aromatic carbocycles. The van der Waals surface area contributed by atoms with Crippen LogP contribution >= 0.6 is 24.2 Å². The molecule has 1 saturated carbocycles. The van der Waals surface area contributed by atoms with E-state index in [1.165, 1.54) is 23.3 Å². The van der Waals surface area contributed by atoms with Crippen LogP contribution in [0.1, 0.15) is 31.4 Å². The standard InChI is InChI=1S/C12H17NS.ClH/c1-2-14-11-7-5-10(6-8-11)12(13)9-3-4-9;/h5-9,12H,2-4,13H2,1H3;1H/t12-;/m0./s1. The van der Waals surface area contributed by atoms with Crippen molar-refractivity contribution in [3.63, 3.8) is 0 Å². The fraction of sp³-hybridized carbons (Fsp3) is 0.500. The Balaban J connectivity index is 0.00000112. The molecular formula is C12H18ClNS. The molecule has 2 rings (SSSR count). The molecule has 1 nitrogen and oxygen atoms in total. The lowest BCUT2D eigenvalue weighted by molar-refractivity contribution is 0.633. The maximum absolute atomic E-state index is 6.12. The van der Waals surface area contributed by atoms with E-state index >= 15 is 0 Å². The van der Waals surface area contributed by atoms with Gasteiger partial charge in [0.15, 0.2) is 0 Å². The van der Waals surface area contributed by atoms with E-state index in [2.05, 4.69) is 31.2 Å². The SMILES string of the molecule is CCSc1ccc([C@@H](N)C2CC2)cc1.Cl. The van der Waals surface area contributed by atoms with Crippen LogP contribution in [0.3, 0.4) is 0 Å². The summed E-state index contributed by atoms with van der Waals surface area (Å²) in [5.74, 6) is 1.88. The second-order valence-electron chi connectivity index (χ2n) is 3.87. The fourth-order valence-electron chi connectivity index (χ4n) is 1.68. The van der Waals surface area contributed by atoms with Gasteiger partial charge in [0.05, 0.1) is 0 Å². The number of nitrogens with two attached hydrogens (primary N) is 1. The van der Waals surface area contributed by atoms with Crippen LogP contribution in [-0.2, 0) is 0 Å². The van der Waals surface area contributed by atoms with Crippen molar-refractivity contribution in [2.24, 2.45) is 11.7 Å². The normalized spacial score (nSPS) is 16.9. The fourth-order valence-corrected chi connectivity index (χ4v) is 2.34. The number of thioether (sulfide) groups is 1. The van der Waals surface area contributed by atoms with Gasteiger partial charge >= 0.3 is 0 Å². The molecule has 84 valence electrons. The lowest BCUT2D eigenvalue weighted by Crippen LogP contribution is -2.11. The first-order valence-electron chi connectivity index (χ1n) is 5.29. The van der Waals surface area contributed by atoms with E-state index in [4.69, 9.17) is 5.73 Å². The first-order valence-corrected chi connectivity index (χ1v) is 6.28. The van der Waals surface area contributed by atoms with Gasteiger partial charge < -0.3 is 5.73 Å². The molecule has 0 spiro atoms. The first kappa shape index (κ1) is 12.9. The van der Waals surface area contributed by atoms with Crippen LogP contribution in [0.4, 0.5) is 0 Å². The molecule has 15 heavy (non-hydrogen) atoms. The molecule has 0 heterocycles. The lowest BCUT2D eigenvalue weighted by Gasteiger charge is -2.10. The van der Waals surface area contributed by atoms with Crippen molar-refractivity contribution in [2.45, 2.75) is 30.7 Å². The topological polar surface area (TPSA) is 26.0 Å². The highest BCUT2D eigenvalue weighted by Crippen LogP contribution is 2.39. The molecule has 0 aliphatic heterocycles. The maximum atomic E-state index is 6.12. The third-order valence-corrected chi connectivity index (χ3v) is 3.60. The summed E-state index contributed by atoms with van der Waals surface area (Å²) >= 11 is 1.88. The maximum Gasteiger partial charge on any atom is 0.0323 e. The average molecular weight is 244 g/mol. The second kappa shape index (κ2) is 5.78. The highest BCUT2D eigenvalue weighted by molar-refractivity contribution is 7.99. The molecule has 1 aliphatic rings. The van der Waals surface area contributed by atoms with Crippen LogP contribution < -0.4 is 5.73 Å². The number of hydrogen-bond donors (Lipinski definition) is 1. The van der Waals surface area contributed by atoms with Gasteiger partial charge in [-0.1, -0.05) is 19.1 Å². The monoisotopic (exact) mass is 243 g/mol. The van der Waals surface area contributed by atoms with Crippen LogP contribution in [0.2, 0.25) is 0 Å². The van der Waals surface area contributed by atoms with Crippen molar-refractivity contribution in [3.05, 3.63) is 29.8 Å². The van der Waals surface area contributed by atoms with E-state index in [1.54, 1.807) is 0 Å². The van der Waals surface area contributed by atoms with Gasteiger partial charge in [-0.15, -0.1) is 24.2 Å². The van der Waals surface area contributed by atoms with Crippen molar-refractivity contribution in [3.8, 4) is 0 Å². The van der Waals surface area contributed by atoms with Crippen molar-refractivity contribution in [2.75, 3.05) is 5.75 Å². The zero-order valence-electron chi connectivity index (χ0n) is 8.98. The molecule has 0 radical (unpaired) electrons. The van der Waals surface area contributed by atoms with Crippen LogP contribution in [0.15, 0.2) is 29.2 Å². The summed E-state index contributed by atoms with van der Waals surface area (Å²) in [6, 6.07) is 9.01. The Hall–Kier alpha value is -0.180. The van der Waals surface area contributed by atoms with Gasteiger partial charge in [-0.2, -0.15) is 0 Å². The molecule has 1 fully saturated rings. The third-order valence-electron chi connectivity index (χ3n) is 2.71. The molecule has 2 N–H and O–H groups in total. The molecule has 0 bridgehead atoms. The molecular weight excluding hydrogens is 226 g/mol. The van der Waals surface area contributed by atoms with Gasteiger partial charge in [0.1, 0.15) is 0 Å². The number of halogens is 1. The largest absolute Gasteiger partial charge is 0.324 e. The minimum atomic E-state index is 0. The summed E-state index contributed by atoms with van der Waals surface area (Å²) in [5, 5.41) is 0. The summed E-state index contributed by atoms with van der Waals surface area (Å²) in [5.41, 5.74) is 7.42. The molecule has 3 heteroatoms. The molecule has 1 atom stereocenters. The van der Waals surface area contributed by atoms with E-state index < -0.39 is 0 Å². The Labute approximate surface area is 102 Å². The third kappa shape index (κ3) is 3.40. The number of hydrogen-bond acceptors (Lipinski definition) is 2. The zero-order chi connectivity index (χ0) is 9.97. The number of benzene rings is 1. The molecule has 1 aromatic rings. The van der Waals surface area contributed by atoms with E-state index in [1.807, 2.05) is 11.8 Å². The Morgan fingerprint density at radius 1 is 1.33 bits per heavy atom. The predicted octanol–water partition coefficient (Wildman–Crippen LogP) is 3.63. The lowest BCUT2D eigenvalue weighted by atomic mass is 10.0. The van der Waals surface area contributed by atoms with E-state index in [0.29, 0.717) is 0 Å². The van der Waals surface area contributed by atoms with Crippen LogP contribution in [0.25, 0.3) is 0 Å². The van der Waals surface area contributed by atoms with Gasteiger partial charge in [0, 0.05) is 10.9 Å². The Morgan fingerprint density at radius 2 is 1.93 bits per heavy atom. The van der Waals surface area contributed by atoms with Gasteiger partial charge in [-0.05, 0) is 42.2 Å². The summed E-state index contributed by atoms with van der Waals surface area (Å²) in [4.78, 5) is 1.35. The quantitative estimate of drug-likeness (QED) is 0.818. The molecule has 0 amide bonds. The number of rotatable bonds is 4. The minimum Gasteiger partial charge on any atom is -0.324 e. The smallest absolute Gasteiger partial charge is 0.0323 e. The van der Waals surface area contributed by atoms with Crippen LogP contribution in [0, 0.1) is 5.92 Å². The van der Waals surface area contributed by atoms with Crippen LogP contribution in [-0.4, -0.2) is 5.75 Å². The predicted molar refractivity (Wildman–Crippen MR) is 69.7 cm³/mol. The molecule has 0 aromatic heterocycles. The first-order chi connectivity index (χ1) is 6.81. The van der Waals surface area contributed by atoms with Gasteiger partial charge in [0.25, 0.3) is 0 Å². The minimum absolute atomic E-state index is 0. The zero-order valence-corrected chi connectivity index (χ0v) is 10.6. The van der Waals surface area contributed by atoms with E-state index in [0.717, 1.165) is 11.7 Å².